The average Bonchev–Trinajstić information content (AvgIpc) is 2.68. The number of phenolic OH excluding ortho intramolecular Hbond substituents is 1. The molecule has 0 spiro atoms. The van der Waals surface area contributed by atoms with Gasteiger partial charge in [0.1, 0.15) is 5.75 Å². The molecule has 4 nitrogen and oxygen atoms in total. The Balaban J connectivity index is 1.52. The Morgan fingerprint density at radius 3 is 2.11 bits per heavy atom. The maximum Gasteiger partial charge on any atom is 0.228 e. The molecule has 1 amide bonds. The smallest absolute Gasteiger partial charge is 0.228 e. The van der Waals surface area contributed by atoms with Gasteiger partial charge in [-0.25, -0.2) is 0 Å². The van der Waals surface area contributed by atoms with Gasteiger partial charge < -0.3 is 10.4 Å². The topological polar surface area (TPSA) is 66.4 Å². The van der Waals surface area contributed by atoms with E-state index in [2.05, 4.69) is 5.32 Å². The van der Waals surface area contributed by atoms with Crippen molar-refractivity contribution in [2.24, 2.45) is 0 Å². The summed E-state index contributed by atoms with van der Waals surface area (Å²) < 4.78 is 0. The van der Waals surface area contributed by atoms with Crippen molar-refractivity contribution >= 4 is 17.4 Å². The minimum atomic E-state index is -0.0839. The lowest BCUT2D eigenvalue weighted by Gasteiger charge is -2.07. The monoisotopic (exact) mass is 359 g/mol. The molecule has 0 unspecified atom stereocenters. The van der Waals surface area contributed by atoms with Crippen LogP contribution in [0.25, 0.3) is 0 Å². The van der Waals surface area contributed by atoms with Crippen LogP contribution in [-0.4, -0.2) is 16.8 Å². The van der Waals surface area contributed by atoms with Crippen LogP contribution >= 0.6 is 0 Å². The Morgan fingerprint density at radius 1 is 0.778 bits per heavy atom. The zero-order valence-corrected chi connectivity index (χ0v) is 14.9. The molecule has 3 aromatic rings. The van der Waals surface area contributed by atoms with Gasteiger partial charge >= 0.3 is 0 Å². The van der Waals surface area contributed by atoms with E-state index in [1.165, 1.54) is 6.07 Å². The lowest BCUT2D eigenvalue weighted by Crippen LogP contribution is -2.14. The predicted octanol–water partition coefficient (Wildman–Crippen LogP) is 4.39. The Kier molecular flexibility index (Phi) is 6.00. The van der Waals surface area contributed by atoms with Gasteiger partial charge in [-0.15, -0.1) is 0 Å². The Bertz CT molecular complexity index is 918. The summed E-state index contributed by atoms with van der Waals surface area (Å²) in [5.41, 5.74) is 3.07. The van der Waals surface area contributed by atoms with Crippen molar-refractivity contribution in [2.75, 3.05) is 5.32 Å². The van der Waals surface area contributed by atoms with Gasteiger partial charge in [0.15, 0.2) is 5.78 Å². The summed E-state index contributed by atoms with van der Waals surface area (Å²) in [4.78, 5) is 24.3. The SMILES string of the molecule is O=C(Cc1ccc(CCC(=O)c2ccccc2O)cc1)Nc1ccccc1. The number of nitrogens with one attached hydrogen (secondary N) is 1. The first-order chi connectivity index (χ1) is 13.1. The number of ketones is 1. The number of phenols is 1. The Morgan fingerprint density at radius 2 is 1.41 bits per heavy atom. The van der Waals surface area contributed by atoms with E-state index in [4.69, 9.17) is 0 Å². The average molecular weight is 359 g/mol. The van der Waals surface area contributed by atoms with Crippen LogP contribution in [0.4, 0.5) is 5.69 Å². The predicted molar refractivity (Wildman–Crippen MR) is 106 cm³/mol. The Labute approximate surface area is 158 Å². The number of amides is 1. The molecule has 0 fully saturated rings. The van der Waals surface area contributed by atoms with Crippen molar-refractivity contribution in [3.8, 4) is 5.75 Å². The minimum absolute atomic E-state index is 0.0160. The number of benzene rings is 3. The van der Waals surface area contributed by atoms with Crippen LogP contribution in [0.3, 0.4) is 0 Å². The quantitative estimate of drug-likeness (QED) is 0.615. The first kappa shape index (κ1) is 18.4. The van der Waals surface area contributed by atoms with Gasteiger partial charge in [0, 0.05) is 12.1 Å². The van der Waals surface area contributed by atoms with Gasteiger partial charge in [0.25, 0.3) is 0 Å². The first-order valence-electron chi connectivity index (χ1n) is 8.86. The van der Waals surface area contributed by atoms with E-state index in [0.29, 0.717) is 24.8 Å². The third-order valence-corrected chi connectivity index (χ3v) is 4.29. The summed E-state index contributed by atoms with van der Waals surface area (Å²) in [6.45, 7) is 0. The van der Waals surface area contributed by atoms with E-state index in [0.717, 1.165) is 16.8 Å². The normalized spacial score (nSPS) is 10.4. The van der Waals surface area contributed by atoms with Crippen molar-refractivity contribution in [3.05, 3.63) is 95.6 Å². The highest BCUT2D eigenvalue weighted by Gasteiger charge is 2.10. The fourth-order valence-corrected chi connectivity index (χ4v) is 2.84. The molecule has 3 rings (SSSR count). The van der Waals surface area contributed by atoms with Crippen LogP contribution in [0.1, 0.15) is 27.9 Å². The number of Topliss-reactive ketones (excluding diaryl/α,β-unsaturated/α-hetero) is 1. The largest absolute Gasteiger partial charge is 0.507 e. The third kappa shape index (κ3) is 5.28. The maximum absolute atomic E-state index is 12.2. The molecule has 0 aliphatic carbocycles. The highest BCUT2D eigenvalue weighted by atomic mass is 16.3. The lowest BCUT2D eigenvalue weighted by molar-refractivity contribution is -0.115. The second kappa shape index (κ2) is 8.81. The zero-order chi connectivity index (χ0) is 19.1. The van der Waals surface area contributed by atoms with Gasteiger partial charge in [-0.05, 0) is 41.8 Å². The van der Waals surface area contributed by atoms with Crippen LogP contribution in [-0.2, 0) is 17.6 Å². The highest BCUT2D eigenvalue weighted by Crippen LogP contribution is 2.19. The summed E-state index contributed by atoms with van der Waals surface area (Å²) in [5, 5.41) is 12.6. The van der Waals surface area contributed by atoms with Crippen LogP contribution < -0.4 is 5.32 Å². The van der Waals surface area contributed by atoms with Crippen molar-refractivity contribution in [1.29, 1.82) is 0 Å². The Hall–Kier alpha value is -3.40. The van der Waals surface area contributed by atoms with Crippen LogP contribution in [0, 0.1) is 0 Å². The number of hydrogen-bond donors (Lipinski definition) is 2. The number of para-hydroxylation sites is 2. The number of carbonyl (C=O) groups excluding carboxylic acids is 2. The molecule has 0 saturated carbocycles. The summed E-state index contributed by atoms with van der Waals surface area (Å²) in [5.74, 6) is -0.134. The molecule has 4 heteroatoms. The molecule has 0 aliphatic heterocycles. The van der Waals surface area contributed by atoms with Gasteiger partial charge in [-0.3, -0.25) is 9.59 Å². The number of carbonyl (C=O) groups is 2. The van der Waals surface area contributed by atoms with Gasteiger partial charge in [-0.2, -0.15) is 0 Å². The lowest BCUT2D eigenvalue weighted by atomic mass is 10.0. The van der Waals surface area contributed by atoms with Gasteiger partial charge in [0.2, 0.25) is 5.91 Å². The van der Waals surface area contributed by atoms with E-state index in [1.54, 1.807) is 18.2 Å². The molecular weight excluding hydrogens is 338 g/mol. The molecule has 0 aliphatic rings. The van der Waals surface area contributed by atoms with Crippen molar-refractivity contribution in [2.45, 2.75) is 19.3 Å². The first-order valence-corrected chi connectivity index (χ1v) is 8.86. The number of aryl methyl sites for hydroxylation is 1. The molecule has 2 N–H and O–H groups in total. The zero-order valence-electron chi connectivity index (χ0n) is 14.9. The van der Waals surface area contributed by atoms with E-state index in [-0.39, 0.29) is 17.4 Å². The molecule has 0 aromatic heterocycles. The molecular formula is C23H21NO3. The minimum Gasteiger partial charge on any atom is -0.507 e. The molecule has 3 aromatic carbocycles. The van der Waals surface area contributed by atoms with Gasteiger partial charge in [-0.1, -0.05) is 54.6 Å². The number of aromatic hydroxyl groups is 1. The van der Waals surface area contributed by atoms with E-state index >= 15 is 0 Å². The van der Waals surface area contributed by atoms with Crippen molar-refractivity contribution in [1.82, 2.24) is 0 Å². The van der Waals surface area contributed by atoms with Crippen molar-refractivity contribution < 1.29 is 14.7 Å². The molecule has 0 atom stereocenters. The molecule has 0 saturated heterocycles. The molecule has 27 heavy (non-hydrogen) atoms. The number of rotatable bonds is 7. The molecule has 0 heterocycles. The number of anilines is 1. The summed E-state index contributed by atoms with van der Waals surface area (Å²) in [7, 11) is 0. The molecule has 0 bridgehead atoms. The maximum atomic E-state index is 12.2. The fraction of sp³-hybridized carbons (Fsp3) is 0.130. The van der Waals surface area contributed by atoms with Gasteiger partial charge in [0.05, 0.1) is 12.0 Å². The van der Waals surface area contributed by atoms with Crippen LogP contribution in [0.5, 0.6) is 5.75 Å². The summed E-state index contributed by atoms with van der Waals surface area (Å²) in [6, 6.07) is 23.6. The highest BCUT2D eigenvalue weighted by molar-refractivity contribution is 5.98. The standard InChI is InChI=1S/C23H21NO3/c25-21-9-5-4-8-20(21)22(26)15-14-17-10-12-18(13-11-17)16-23(27)24-19-6-2-1-3-7-19/h1-13,25H,14-16H2,(H,24,27). The number of hydrogen-bond acceptors (Lipinski definition) is 3. The van der Waals surface area contributed by atoms with E-state index in [9.17, 15) is 14.7 Å². The van der Waals surface area contributed by atoms with Crippen LogP contribution in [0.15, 0.2) is 78.9 Å². The third-order valence-electron chi connectivity index (χ3n) is 4.29. The summed E-state index contributed by atoms with van der Waals surface area (Å²) >= 11 is 0. The fourth-order valence-electron chi connectivity index (χ4n) is 2.84. The van der Waals surface area contributed by atoms with E-state index < -0.39 is 0 Å². The molecule has 136 valence electrons. The molecule has 0 radical (unpaired) electrons. The van der Waals surface area contributed by atoms with E-state index in [1.807, 2.05) is 54.6 Å². The second-order valence-electron chi connectivity index (χ2n) is 6.35. The van der Waals surface area contributed by atoms with Crippen LogP contribution in [0.2, 0.25) is 0 Å². The van der Waals surface area contributed by atoms with Crippen molar-refractivity contribution in [3.63, 3.8) is 0 Å². The second-order valence-corrected chi connectivity index (χ2v) is 6.35. The summed E-state index contributed by atoms with van der Waals surface area (Å²) in [6.07, 6.45) is 1.21.